The van der Waals surface area contributed by atoms with Crippen molar-refractivity contribution < 1.29 is 13.2 Å². The van der Waals surface area contributed by atoms with Gasteiger partial charge in [-0.25, -0.2) is 13.2 Å². The zero-order chi connectivity index (χ0) is 56.6. The molecule has 0 saturated heterocycles. The molecule has 7 heteroatoms. The summed E-state index contributed by atoms with van der Waals surface area (Å²) in [5.74, 6) is 1.61. The quantitative estimate of drug-likeness (QED) is 0.128. The molecule has 0 radical (unpaired) electrons. The minimum absolute atomic E-state index is 0.195. The maximum absolute atomic E-state index is 13.0. The van der Waals surface area contributed by atoms with Gasteiger partial charge in [-0.2, -0.15) is 0 Å². The summed E-state index contributed by atoms with van der Waals surface area (Å²) in [5, 5.41) is 0. The zero-order valence-electron chi connectivity index (χ0n) is 48.8. The van der Waals surface area contributed by atoms with Crippen LogP contribution in [0, 0.1) is 36.7 Å². The Bertz CT molecular complexity index is 3020. The molecule has 0 aromatic heterocycles. The van der Waals surface area contributed by atoms with Crippen LogP contribution in [0.3, 0.4) is 0 Å². The van der Waals surface area contributed by atoms with E-state index < -0.39 is 0 Å². The van der Waals surface area contributed by atoms with E-state index >= 15 is 0 Å². The first-order chi connectivity index (χ1) is 38.6. The first kappa shape index (κ1) is 58.9. The van der Waals surface area contributed by atoms with Gasteiger partial charge in [0.1, 0.15) is 17.5 Å². The minimum Gasteiger partial charge on any atom is -0.345 e. The largest absolute Gasteiger partial charge is 0.345 e. The van der Waals surface area contributed by atoms with Crippen LogP contribution in [0.4, 0.5) is 58.7 Å². The van der Waals surface area contributed by atoms with Gasteiger partial charge in [0.25, 0.3) is 0 Å². The molecule has 0 unspecified atom stereocenters. The summed E-state index contributed by atoms with van der Waals surface area (Å²) in [5.41, 5.74) is 16.3. The molecule has 0 atom stereocenters. The minimum atomic E-state index is -0.197. The Morgan fingerprint density at radius 3 is 0.738 bits per heavy atom. The van der Waals surface area contributed by atoms with Crippen LogP contribution >= 0.6 is 0 Å². The summed E-state index contributed by atoms with van der Waals surface area (Å²) >= 11 is 0. The van der Waals surface area contributed by atoms with E-state index in [0.29, 0.717) is 11.3 Å². The van der Waals surface area contributed by atoms with Crippen molar-refractivity contribution in [3.05, 3.63) is 239 Å². The summed E-state index contributed by atoms with van der Waals surface area (Å²) in [6.07, 6.45) is 17.4. The number of hydrogen-bond acceptors (Lipinski definition) is 4. The van der Waals surface area contributed by atoms with Gasteiger partial charge in [-0.3, -0.25) is 0 Å². The lowest BCUT2D eigenvalue weighted by atomic mass is 9.71. The molecule has 0 N–H and O–H groups in total. The molecule has 0 aliphatic heterocycles. The third kappa shape index (κ3) is 16.7. The lowest BCUT2D eigenvalue weighted by Crippen LogP contribution is -2.20. The number of hydrogen-bond donors (Lipinski definition) is 0. The highest BCUT2D eigenvalue weighted by molar-refractivity contribution is 5.66. The molecular formula is C73H85F3N4. The van der Waals surface area contributed by atoms with Crippen LogP contribution in [0.2, 0.25) is 0 Å². The van der Waals surface area contributed by atoms with Crippen LogP contribution < -0.4 is 19.6 Å². The van der Waals surface area contributed by atoms with E-state index in [0.717, 1.165) is 46.0 Å². The topological polar surface area (TPSA) is 13.0 Å². The van der Waals surface area contributed by atoms with Crippen molar-refractivity contribution in [2.75, 3.05) is 47.8 Å². The molecule has 3 aliphatic carbocycles. The molecule has 0 bridgehead atoms. The van der Waals surface area contributed by atoms with Crippen molar-refractivity contribution in [2.45, 2.75) is 129 Å². The van der Waals surface area contributed by atoms with Gasteiger partial charge in [-0.15, -0.1) is 0 Å². The van der Waals surface area contributed by atoms with E-state index in [1.54, 1.807) is 12.1 Å². The maximum Gasteiger partial charge on any atom is 0.123 e. The van der Waals surface area contributed by atoms with Crippen molar-refractivity contribution >= 4 is 45.5 Å². The summed E-state index contributed by atoms with van der Waals surface area (Å²) in [6.45, 7) is 8.97. The molecule has 8 aromatic carbocycles. The zero-order valence-corrected chi connectivity index (χ0v) is 48.8. The molecule has 3 saturated carbocycles. The van der Waals surface area contributed by atoms with Crippen LogP contribution in [0.25, 0.3) is 0 Å². The van der Waals surface area contributed by atoms with Crippen LogP contribution in [0.15, 0.2) is 194 Å². The molecule has 4 nitrogen and oxygen atoms in total. The van der Waals surface area contributed by atoms with Crippen molar-refractivity contribution in [3.8, 4) is 0 Å². The molecule has 3 fully saturated rings. The van der Waals surface area contributed by atoms with Crippen molar-refractivity contribution in [1.29, 1.82) is 0 Å². The van der Waals surface area contributed by atoms with Crippen LogP contribution in [-0.2, 0) is 0 Å². The first-order valence-electron chi connectivity index (χ1n) is 29.2. The van der Waals surface area contributed by atoms with Gasteiger partial charge in [0, 0.05) is 73.7 Å². The predicted octanol–water partition coefficient (Wildman–Crippen LogP) is 21.2. The highest BCUT2D eigenvalue weighted by Crippen LogP contribution is 2.43. The van der Waals surface area contributed by atoms with Crippen molar-refractivity contribution in [3.63, 3.8) is 0 Å². The number of halogens is 3. The van der Waals surface area contributed by atoms with Gasteiger partial charge in [0.15, 0.2) is 0 Å². The van der Waals surface area contributed by atoms with Crippen molar-refractivity contribution in [2.24, 2.45) is 5.41 Å². The molecule has 11 rings (SSSR count). The van der Waals surface area contributed by atoms with Gasteiger partial charge in [-0.05, 0) is 239 Å². The molecule has 8 aromatic rings. The Morgan fingerprint density at radius 1 is 0.287 bits per heavy atom. The molecule has 0 spiro atoms. The van der Waals surface area contributed by atoms with E-state index in [9.17, 15) is 13.2 Å². The highest BCUT2D eigenvalue weighted by Gasteiger charge is 2.27. The Morgan fingerprint density at radius 2 is 0.487 bits per heavy atom. The average molecular weight is 1080 g/mol. The van der Waals surface area contributed by atoms with E-state index in [2.05, 4.69) is 176 Å². The SMILES string of the molecule is CN(c1ccc(F)cc1)c1ccc(C2CCC(C)(C)CC2)cc1.CN(c1ccc(F)cc1)c1ccc(C2CCCC2)cc1.CN(c1ccc(F)cc1)c1ccc(C2CCCCC2)cc1.Cc1ccc(N(C)c2ccc(C)cc2)cc1. The van der Waals surface area contributed by atoms with Crippen LogP contribution in [0.5, 0.6) is 0 Å². The van der Waals surface area contributed by atoms with Gasteiger partial charge in [0.05, 0.1) is 0 Å². The smallest absolute Gasteiger partial charge is 0.123 e. The highest BCUT2D eigenvalue weighted by atomic mass is 19.1. The number of aryl methyl sites for hydroxylation is 2. The van der Waals surface area contributed by atoms with Gasteiger partial charge >= 0.3 is 0 Å². The standard InChI is InChI=1S/C21H26FN.C19H22FN.C18H20FN.C15H17N/c1-21(2)14-12-17(13-15-21)16-4-8-19(9-5-16)23(3)20-10-6-18(22)7-11-20;1-21(19-13-9-17(20)10-14-19)18-11-7-16(8-12-18)15-5-3-2-4-6-15;1-20(18-12-8-16(19)9-13-18)17-10-6-15(7-11-17)14-4-2-3-5-14;1-12-4-8-14(9-5-12)16(3)15-10-6-13(2)7-11-15/h4-11,17H,12-15H2,1-3H3;7-15H,2-6H2,1H3;6-14H,2-5H2,1H3;4-11H,1-3H3. The summed E-state index contributed by atoms with van der Waals surface area (Å²) in [7, 11) is 8.14. The summed E-state index contributed by atoms with van der Waals surface area (Å²) in [6, 6.07) is 63.6. The molecular weight excluding hydrogens is 990 g/mol. The first-order valence-corrected chi connectivity index (χ1v) is 29.2. The fourth-order valence-corrected chi connectivity index (χ4v) is 11.5. The average Bonchev–Trinajstić information content (AvgIpc) is 4.05. The second-order valence-corrected chi connectivity index (χ2v) is 23.4. The normalized spacial score (nSPS) is 15.2. The molecule has 0 heterocycles. The third-order valence-electron chi connectivity index (χ3n) is 17.0. The Kier molecular flexibility index (Phi) is 20.8. The summed E-state index contributed by atoms with van der Waals surface area (Å²) < 4.78 is 39.0. The Hall–Kier alpha value is -7.25. The second-order valence-electron chi connectivity index (χ2n) is 23.4. The van der Waals surface area contributed by atoms with Crippen molar-refractivity contribution in [1.82, 2.24) is 0 Å². The maximum atomic E-state index is 13.0. The Balaban J connectivity index is 0.000000141. The predicted molar refractivity (Wildman–Crippen MR) is 335 cm³/mol. The lowest BCUT2D eigenvalue weighted by molar-refractivity contribution is 0.224. The number of rotatable bonds is 11. The Labute approximate surface area is 477 Å². The van der Waals surface area contributed by atoms with E-state index in [-0.39, 0.29) is 17.5 Å². The van der Waals surface area contributed by atoms with E-state index in [4.69, 9.17) is 0 Å². The molecule has 80 heavy (non-hydrogen) atoms. The lowest BCUT2D eigenvalue weighted by Gasteiger charge is -2.34. The van der Waals surface area contributed by atoms with Gasteiger partial charge in [0.2, 0.25) is 0 Å². The molecule has 3 aliphatic rings. The van der Waals surface area contributed by atoms with E-state index in [1.165, 1.54) is 159 Å². The van der Waals surface area contributed by atoms with Crippen LogP contribution in [-0.4, -0.2) is 28.2 Å². The third-order valence-corrected chi connectivity index (χ3v) is 17.0. The fourth-order valence-electron chi connectivity index (χ4n) is 11.5. The number of nitrogens with zero attached hydrogens (tertiary/aromatic N) is 4. The fraction of sp³-hybridized carbons (Fsp3) is 0.342. The molecule has 418 valence electrons. The van der Waals surface area contributed by atoms with Gasteiger partial charge < -0.3 is 19.6 Å². The summed E-state index contributed by atoms with van der Waals surface area (Å²) in [4.78, 5) is 8.45. The van der Waals surface area contributed by atoms with E-state index in [1.807, 2.05) is 45.4 Å². The number of benzene rings is 8. The number of anilines is 8. The second kappa shape index (κ2) is 28.3. The monoisotopic (exact) mass is 1070 g/mol. The molecule has 0 amide bonds. The van der Waals surface area contributed by atoms with Gasteiger partial charge in [-0.1, -0.05) is 118 Å². The van der Waals surface area contributed by atoms with Crippen LogP contribution in [0.1, 0.15) is 143 Å².